The number of sulfonamides is 1. The Bertz CT molecular complexity index is 1500. The van der Waals surface area contributed by atoms with Gasteiger partial charge in [-0.05, 0) is 36.8 Å². The Labute approximate surface area is 205 Å². The topological polar surface area (TPSA) is 77.4 Å². The van der Waals surface area contributed by atoms with Crippen molar-refractivity contribution in [1.82, 2.24) is 9.29 Å². The summed E-state index contributed by atoms with van der Waals surface area (Å²) in [6.45, 7) is 2.03. The largest absolute Gasteiger partial charge is 0.463 e. The van der Waals surface area contributed by atoms with Crippen LogP contribution in [0.5, 0.6) is 0 Å². The van der Waals surface area contributed by atoms with Gasteiger partial charge in [0.1, 0.15) is 0 Å². The molecule has 35 heavy (non-hydrogen) atoms. The Kier molecular flexibility index (Phi) is 7.17. The molecule has 0 unspecified atom stereocenters. The molecule has 1 N–H and O–H groups in total. The lowest BCUT2D eigenvalue weighted by atomic mass is 9.96. The van der Waals surface area contributed by atoms with E-state index in [1.54, 1.807) is 43.3 Å². The normalized spacial score (nSPS) is 12.2. The number of hydrogen-bond acceptors (Lipinski definition) is 4. The third-order valence-electron chi connectivity index (χ3n) is 5.58. The van der Waals surface area contributed by atoms with Gasteiger partial charge in [-0.25, -0.2) is 13.2 Å². The summed E-state index contributed by atoms with van der Waals surface area (Å²) >= 11 is 0. The molecule has 1 aromatic heterocycles. The van der Waals surface area contributed by atoms with Crippen LogP contribution >= 0.6 is 0 Å². The van der Waals surface area contributed by atoms with E-state index in [0.717, 1.165) is 27.7 Å². The lowest BCUT2D eigenvalue weighted by Crippen LogP contribution is -2.18. The molecule has 0 radical (unpaired) electrons. The average Bonchev–Trinajstić information content (AvgIpc) is 3.16. The molecule has 0 spiro atoms. The number of aromatic nitrogens is 1. The summed E-state index contributed by atoms with van der Waals surface area (Å²) in [4.78, 5) is 12.3. The highest BCUT2D eigenvalue weighted by Crippen LogP contribution is 2.35. The number of fused-ring (bicyclic) bond motifs is 1. The fraction of sp³-hybridized carbons (Fsp3) is 0.107. The molecule has 1 heterocycles. The van der Waals surface area contributed by atoms with Crippen molar-refractivity contribution >= 4 is 38.5 Å². The number of aryl methyl sites for hydroxylation is 1. The van der Waals surface area contributed by atoms with E-state index in [-0.39, 0.29) is 11.5 Å². The highest BCUT2D eigenvalue weighted by Gasteiger charge is 2.20. The zero-order valence-corrected chi connectivity index (χ0v) is 20.3. The third kappa shape index (κ3) is 5.20. The second-order valence-electron chi connectivity index (χ2n) is 7.78. The Morgan fingerprint density at radius 2 is 1.57 bits per heavy atom. The molecule has 0 fully saturated rings. The van der Waals surface area contributed by atoms with Crippen LogP contribution in [0.2, 0.25) is 0 Å². The Balaban J connectivity index is 1.92. The summed E-state index contributed by atoms with van der Waals surface area (Å²) in [6, 6.07) is 25.6. The number of esters is 1. The minimum absolute atomic E-state index is 0.170. The van der Waals surface area contributed by atoms with Gasteiger partial charge in [0.2, 0.25) is 0 Å². The lowest BCUT2D eigenvalue weighted by molar-refractivity contribution is -0.137. The highest BCUT2D eigenvalue weighted by molar-refractivity contribution is 7.89. The first kappa shape index (κ1) is 24.0. The summed E-state index contributed by atoms with van der Waals surface area (Å²) in [6.07, 6.45) is 4.61. The Morgan fingerprint density at radius 3 is 2.26 bits per heavy atom. The quantitative estimate of drug-likeness (QED) is 0.277. The predicted octanol–water partition coefficient (Wildman–Crippen LogP) is 5.12. The zero-order chi connectivity index (χ0) is 24.8. The van der Waals surface area contributed by atoms with Crippen LogP contribution in [0.15, 0.2) is 102 Å². The van der Waals surface area contributed by atoms with Crippen molar-refractivity contribution in [3.05, 3.63) is 114 Å². The van der Waals surface area contributed by atoms with Gasteiger partial charge in [-0.2, -0.15) is 0 Å². The van der Waals surface area contributed by atoms with Gasteiger partial charge >= 0.3 is 5.97 Å². The van der Waals surface area contributed by atoms with Crippen molar-refractivity contribution in [1.29, 1.82) is 0 Å². The van der Waals surface area contributed by atoms with Gasteiger partial charge in [0, 0.05) is 47.1 Å². The van der Waals surface area contributed by atoms with Gasteiger partial charge in [-0.3, -0.25) is 4.72 Å². The Hall–Kier alpha value is -4.10. The van der Waals surface area contributed by atoms with Crippen LogP contribution in [0.25, 0.3) is 22.6 Å². The van der Waals surface area contributed by atoms with E-state index in [1.165, 1.54) is 12.3 Å². The van der Waals surface area contributed by atoms with Crippen LogP contribution in [-0.4, -0.2) is 25.6 Å². The van der Waals surface area contributed by atoms with Gasteiger partial charge in [-0.1, -0.05) is 66.7 Å². The van der Waals surface area contributed by atoms with Gasteiger partial charge < -0.3 is 9.30 Å². The molecule has 0 atom stereocenters. The van der Waals surface area contributed by atoms with Crippen LogP contribution < -0.4 is 4.72 Å². The van der Waals surface area contributed by atoms with Gasteiger partial charge in [0.25, 0.3) is 10.0 Å². The predicted molar refractivity (Wildman–Crippen MR) is 139 cm³/mol. The van der Waals surface area contributed by atoms with E-state index in [0.29, 0.717) is 5.57 Å². The summed E-state index contributed by atoms with van der Waals surface area (Å²) in [5.41, 5.74) is 3.98. The highest BCUT2D eigenvalue weighted by atomic mass is 32.2. The first-order valence-corrected chi connectivity index (χ1v) is 12.7. The monoisotopic (exact) mass is 486 g/mol. The first-order chi connectivity index (χ1) is 16.9. The number of rotatable bonds is 8. The molecule has 0 saturated carbocycles. The van der Waals surface area contributed by atoms with Crippen LogP contribution in [0.1, 0.15) is 23.7 Å². The zero-order valence-electron chi connectivity index (χ0n) is 19.5. The van der Waals surface area contributed by atoms with Crippen LogP contribution in [0.3, 0.4) is 0 Å². The molecule has 0 saturated heterocycles. The molecular formula is C28H26N2O4S. The third-order valence-corrected chi connectivity index (χ3v) is 6.90. The van der Waals surface area contributed by atoms with E-state index >= 15 is 0 Å². The number of carbonyl (C=O) groups excluding carboxylic acids is 1. The minimum Gasteiger partial charge on any atom is -0.463 e. The smallest absolute Gasteiger partial charge is 0.330 e. The van der Waals surface area contributed by atoms with Crippen LogP contribution in [0.4, 0.5) is 0 Å². The maximum Gasteiger partial charge on any atom is 0.330 e. The molecule has 0 bridgehead atoms. The number of benzene rings is 3. The molecule has 4 aromatic rings. The van der Waals surface area contributed by atoms with Gasteiger partial charge in [-0.15, -0.1) is 0 Å². The van der Waals surface area contributed by atoms with Crippen molar-refractivity contribution in [3.8, 4) is 0 Å². The number of ether oxygens (including phenoxy) is 1. The SMILES string of the molecule is CCOC(=O)/C=C/c1c(C(=CNS(=O)(=O)c2ccccc2)c2ccccc2)c2ccccc2n1C. The summed E-state index contributed by atoms with van der Waals surface area (Å²) < 4.78 is 35.7. The second-order valence-corrected chi connectivity index (χ2v) is 9.49. The van der Waals surface area contributed by atoms with E-state index in [2.05, 4.69) is 4.72 Å². The molecule has 0 aliphatic carbocycles. The van der Waals surface area contributed by atoms with Crippen molar-refractivity contribution in [2.45, 2.75) is 11.8 Å². The van der Waals surface area contributed by atoms with E-state index in [1.807, 2.05) is 66.2 Å². The Morgan fingerprint density at radius 1 is 0.943 bits per heavy atom. The molecule has 6 nitrogen and oxygen atoms in total. The fourth-order valence-electron chi connectivity index (χ4n) is 3.95. The van der Waals surface area contributed by atoms with E-state index < -0.39 is 16.0 Å². The van der Waals surface area contributed by atoms with Crippen LogP contribution in [0, 0.1) is 0 Å². The van der Waals surface area contributed by atoms with E-state index in [4.69, 9.17) is 4.74 Å². The second kappa shape index (κ2) is 10.4. The molecule has 4 rings (SSSR count). The molecule has 178 valence electrons. The number of hydrogen-bond donors (Lipinski definition) is 1. The molecule has 0 amide bonds. The van der Waals surface area contributed by atoms with Crippen LogP contribution in [-0.2, 0) is 26.6 Å². The van der Waals surface area contributed by atoms with Crippen molar-refractivity contribution in [2.75, 3.05) is 6.61 Å². The molecule has 0 aliphatic heterocycles. The number of para-hydroxylation sites is 1. The maximum atomic E-state index is 13.0. The summed E-state index contributed by atoms with van der Waals surface area (Å²) in [5, 5.41) is 0.924. The maximum absolute atomic E-state index is 13.0. The van der Waals surface area contributed by atoms with Gasteiger partial charge in [0.05, 0.1) is 11.5 Å². The number of nitrogens with zero attached hydrogens (tertiary/aromatic N) is 1. The molecule has 0 aliphatic rings. The molecular weight excluding hydrogens is 460 g/mol. The van der Waals surface area contributed by atoms with E-state index in [9.17, 15) is 13.2 Å². The van der Waals surface area contributed by atoms with Gasteiger partial charge in [0.15, 0.2) is 0 Å². The fourth-order valence-corrected chi connectivity index (χ4v) is 4.87. The van der Waals surface area contributed by atoms with Crippen molar-refractivity contribution in [2.24, 2.45) is 7.05 Å². The molecule has 7 heteroatoms. The summed E-state index contributed by atoms with van der Waals surface area (Å²) in [7, 11) is -1.88. The lowest BCUT2D eigenvalue weighted by Gasteiger charge is -2.12. The average molecular weight is 487 g/mol. The van der Waals surface area contributed by atoms with Crippen molar-refractivity contribution < 1.29 is 17.9 Å². The number of nitrogens with one attached hydrogen (secondary N) is 1. The minimum atomic E-state index is -3.79. The number of carbonyl (C=O) groups is 1. The molecule has 3 aromatic carbocycles. The first-order valence-electron chi connectivity index (χ1n) is 11.2. The standard InChI is InChI=1S/C28H26N2O4S/c1-3-34-27(31)19-18-26-28(23-16-10-11-17-25(23)30(26)2)24(21-12-6-4-7-13-21)20-29-35(32,33)22-14-8-5-9-15-22/h4-20,29H,3H2,1-2H3/b19-18+,24-20?. The van der Waals surface area contributed by atoms with Crippen molar-refractivity contribution in [3.63, 3.8) is 0 Å². The summed E-state index contributed by atoms with van der Waals surface area (Å²) in [5.74, 6) is -0.446.